The maximum absolute atomic E-state index is 12.1. The zero-order chi connectivity index (χ0) is 15.3. The van der Waals surface area contributed by atoms with Crippen LogP contribution in [-0.4, -0.2) is 29.8 Å². The maximum Gasteiger partial charge on any atom is 0.416 e. The average Bonchev–Trinajstić information content (AvgIpc) is 2.42. The molecule has 0 heterocycles. The summed E-state index contributed by atoms with van der Waals surface area (Å²) in [4.78, 5) is 11.7. The van der Waals surface area contributed by atoms with E-state index in [1.165, 1.54) is 6.92 Å². The molecule has 0 fully saturated rings. The fraction of sp³-hybridized carbons (Fsp3) is 0.462. The molecule has 0 aliphatic rings. The molecule has 3 unspecified atom stereocenters. The van der Waals surface area contributed by atoms with Crippen LogP contribution < -0.4 is 11.1 Å². The van der Waals surface area contributed by atoms with E-state index in [1.54, 1.807) is 30.3 Å². The normalized spacial score (nSPS) is 15.5. The Hall–Kier alpha value is -1.31. The first kappa shape index (κ1) is 19.7. The van der Waals surface area contributed by atoms with Gasteiger partial charge in [0.05, 0.1) is 12.5 Å². The van der Waals surface area contributed by atoms with Crippen molar-refractivity contribution in [1.82, 2.24) is 5.32 Å². The molecule has 1 aromatic carbocycles. The van der Waals surface area contributed by atoms with E-state index in [-0.39, 0.29) is 12.4 Å². The van der Waals surface area contributed by atoms with Crippen molar-refractivity contribution in [2.45, 2.75) is 25.2 Å². The molecule has 0 saturated heterocycles. The quantitative estimate of drug-likeness (QED) is 0.772. The third kappa shape index (κ3) is 5.91. The lowest BCUT2D eigenvalue weighted by molar-refractivity contribution is -0.202. The Morgan fingerprint density at radius 3 is 2.33 bits per heavy atom. The summed E-state index contributed by atoms with van der Waals surface area (Å²) in [5, 5.41) is 10.9. The molecule has 8 heteroatoms. The highest BCUT2D eigenvalue weighted by atomic mass is 35.5. The lowest BCUT2D eigenvalue weighted by Gasteiger charge is -2.21. The summed E-state index contributed by atoms with van der Waals surface area (Å²) in [5.41, 5.74) is 6.60. The average molecular weight is 327 g/mol. The number of carbonyl (C=O) groups is 1. The number of hydrogen-bond donors (Lipinski definition) is 3. The number of aliphatic hydroxyl groups excluding tert-OH is 1. The van der Waals surface area contributed by atoms with Gasteiger partial charge in [-0.3, -0.25) is 4.79 Å². The predicted octanol–water partition coefficient (Wildman–Crippen LogP) is 1.78. The van der Waals surface area contributed by atoms with Crippen LogP contribution in [0.15, 0.2) is 30.3 Å². The first-order valence-electron chi connectivity index (χ1n) is 6.06. The molecule has 0 bridgehead atoms. The molecule has 0 saturated carbocycles. The Balaban J connectivity index is 0.00000400. The Morgan fingerprint density at radius 2 is 1.86 bits per heavy atom. The molecule has 1 amide bonds. The predicted molar refractivity (Wildman–Crippen MR) is 74.9 cm³/mol. The molecule has 3 atom stereocenters. The third-order valence-electron chi connectivity index (χ3n) is 2.98. The second-order valence-corrected chi connectivity index (χ2v) is 4.53. The molecule has 1 aromatic rings. The van der Waals surface area contributed by atoms with Crippen molar-refractivity contribution in [2.24, 2.45) is 11.7 Å². The van der Waals surface area contributed by atoms with Gasteiger partial charge in [0, 0.05) is 6.04 Å². The molecular weight excluding hydrogens is 309 g/mol. The van der Waals surface area contributed by atoms with E-state index in [1.807, 2.05) is 0 Å². The van der Waals surface area contributed by atoms with Crippen LogP contribution in [0.2, 0.25) is 0 Å². The van der Waals surface area contributed by atoms with E-state index in [0.29, 0.717) is 5.56 Å². The smallest absolute Gasteiger partial charge is 0.382 e. The van der Waals surface area contributed by atoms with Gasteiger partial charge < -0.3 is 16.2 Å². The van der Waals surface area contributed by atoms with E-state index in [2.05, 4.69) is 5.32 Å². The van der Waals surface area contributed by atoms with Crippen molar-refractivity contribution in [2.75, 3.05) is 6.54 Å². The van der Waals surface area contributed by atoms with Gasteiger partial charge in [-0.15, -0.1) is 12.4 Å². The molecule has 4 N–H and O–H groups in total. The molecule has 4 nitrogen and oxygen atoms in total. The van der Waals surface area contributed by atoms with Crippen LogP contribution in [0.3, 0.4) is 0 Å². The Kier molecular flexibility index (Phi) is 7.70. The molecule has 0 aliphatic carbocycles. The number of nitrogens with one attached hydrogen (secondary N) is 1. The summed E-state index contributed by atoms with van der Waals surface area (Å²) < 4.78 is 36.3. The topological polar surface area (TPSA) is 75.3 Å². The van der Waals surface area contributed by atoms with Crippen LogP contribution in [0.1, 0.15) is 18.5 Å². The molecule has 120 valence electrons. The van der Waals surface area contributed by atoms with Crippen molar-refractivity contribution in [1.29, 1.82) is 0 Å². The summed E-state index contributed by atoms with van der Waals surface area (Å²) in [6.07, 6.45) is -7.33. The standard InChI is InChI=1S/C13H17F3N2O2.ClH/c1-8(11(17)9-5-3-2-4-6-9)12(20)18-7-10(19)13(14,15)16;/h2-6,8,10-11,19H,7,17H2,1H3,(H,18,20);1H. The van der Waals surface area contributed by atoms with Crippen LogP contribution in [0.25, 0.3) is 0 Å². The number of amides is 1. The van der Waals surface area contributed by atoms with E-state index in [4.69, 9.17) is 10.8 Å². The minimum absolute atomic E-state index is 0. The number of benzene rings is 1. The lowest BCUT2D eigenvalue weighted by atomic mass is 9.94. The first-order valence-corrected chi connectivity index (χ1v) is 6.06. The zero-order valence-electron chi connectivity index (χ0n) is 11.3. The molecule has 1 rings (SSSR count). The van der Waals surface area contributed by atoms with E-state index in [9.17, 15) is 18.0 Å². The van der Waals surface area contributed by atoms with Gasteiger partial charge in [-0.25, -0.2) is 0 Å². The number of alkyl halides is 3. The van der Waals surface area contributed by atoms with Crippen LogP contribution in [0.4, 0.5) is 13.2 Å². The minimum Gasteiger partial charge on any atom is -0.382 e. The van der Waals surface area contributed by atoms with Crippen molar-refractivity contribution in [3.05, 3.63) is 35.9 Å². The number of halogens is 4. The minimum atomic E-state index is -4.75. The highest BCUT2D eigenvalue weighted by Crippen LogP contribution is 2.21. The fourth-order valence-corrected chi connectivity index (χ4v) is 1.60. The molecule has 0 aromatic heterocycles. The summed E-state index contributed by atoms with van der Waals surface area (Å²) in [6.45, 7) is 0.640. The SMILES string of the molecule is CC(C(=O)NCC(O)C(F)(F)F)C(N)c1ccccc1.Cl. The number of aliphatic hydroxyl groups is 1. The Morgan fingerprint density at radius 1 is 1.33 bits per heavy atom. The van der Waals surface area contributed by atoms with Crippen LogP contribution in [-0.2, 0) is 4.79 Å². The number of hydrogen-bond acceptors (Lipinski definition) is 3. The summed E-state index contributed by atoms with van der Waals surface area (Å²) >= 11 is 0. The largest absolute Gasteiger partial charge is 0.416 e. The van der Waals surface area contributed by atoms with E-state index >= 15 is 0 Å². The van der Waals surface area contributed by atoms with Gasteiger partial charge in [0.2, 0.25) is 5.91 Å². The van der Waals surface area contributed by atoms with Gasteiger partial charge in [0.25, 0.3) is 0 Å². The van der Waals surface area contributed by atoms with Gasteiger partial charge in [-0.1, -0.05) is 37.3 Å². The van der Waals surface area contributed by atoms with E-state index < -0.39 is 36.7 Å². The van der Waals surface area contributed by atoms with Crippen LogP contribution in [0.5, 0.6) is 0 Å². The van der Waals surface area contributed by atoms with E-state index in [0.717, 1.165) is 0 Å². The summed E-state index contributed by atoms with van der Waals surface area (Å²) in [7, 11) is 0. The first-order chi connectivity index (χ1) is 9.23. The van der Waals surface area contributed by atoms with Gasteiger partial charge in [-0.05, 0) is 5.56 Å². The summed E-state index contributed by atoms with van der Waals surface area (Å²) in [5.74, 6) is -1.34. The van der Waals surface area contributed by atoms with Crippen molar-refractivity contribution in [3.63, 3.8) is 0 Å². The van der Waals surface area contributed by atoms with Crippen LogP contribution >= 0.6 is 12.4 Å². The second kappa shape index (κ2) is 8.21. The van der Waals surface area contributed by atoms with Gasteiger partial charge in [0.1, 0.15) is 0 Å². The molecule has 21 heavy (non-hydrogen) atoms. The fourth-order valence-electron chi connectivity index (χ4n) is 1.60. The van der Waals surface area contributed by atoms with Gasteiger partial charge in [0.15, 0.2) is 6.10 Å². The molecular formula is C13H18ClF3N2O2. The lowest BCUT2D eigenvalue weighted by Crippen LogP contribution is -2.43. The number of rotatable bonds is 5. The third-order valence-corrected chi connectivity index (χ3v) is 2.98. The van der Waals surface area contributed by atoms with Crippen molar-refractivity contribution >= 4 is 18.3 Å². The highest BCUT2D eigenvalue weighted by Gasteiger charge is 2.38. The molecule has 0 radical (unpaired) electrons. The van der Waals surface area contributed by atoms with Crippen LogP contribution in [0, 0.1) is 5.92 Å². The maximum atomic E-state index is 12.1. The zero-order valence-corrected chi connectivity index (χ0v) is 12.1. The van der Waals surface area contributed by atoms with Crippen molar-refractivity contribution in [3.8, 4) is 0 Å². The summed E-state index contributed by atoms with van der Waals surface area (Å²) in [6, 6.07) is 8.15. The highest BCUT2D eigenvalue weighted by molar-refractivity contribution is 5.85. The van der Waals surface area contributed by atoms with Gasteiger partial charge in [-0.2, -0.15) is 13.2 Å². The second-order valence-electron chi connectivity index (χ2n) is 4.53. The number of nitrogens with two attached hydrogens (primary N) is 1. The Bertz CT molecular complexity index is 443. The van der Waals surface area contributed by atoms with Crippen molar-refractivity contribution < 1.29 is 23.1 Å². The molecule has 0 spiro atoms. The number of carbonyl (C=O) groups excluding carboxylic acids is 1. The Labute approximate surface area is 126 Å². The monoisotopic (exact) mass is 326 g/mol. The molecule has 0 aliphatic heterocycles. The van der Waals surface area contributed by atoms with Gasteiger partial charge >= 0.3 is 6.18 Å².